The quantitative estimate of drug-likeness (QED) is 0.436. The van der Waals surface area contributed by atoms with Gasteiger partial charge >= 0.3 is 0 Å². The van der Waals surface area contributed by atoms with Crippen molar-refractivity contribution >= 4 is 23.0 Å². The van der Waals surface area contributed by atoms with Gasteiger partial charge in [0, 0.05) is 33.0 Å². The number of hydrogen-bond donors (Lipinski definition) is 3. The number of nitrogens with two attached hydrogens (primary N) is 1. The van der Waals surface area contributed by atoms with Gasteiger partial charge in [-0.25, -0.2) is 4.98 Å². The van der Waals surface area contributed by atoms with Crippen LogP contribution in [0, 0.1) is 16.7 Å². The minimum atomic E-state index is -0.770. The Hall–Kier alpha value is -4.20. The number of aromatic hydroxyl groups is 1. The van der Waals surface area contributed by atoms with Crippen LogP contribution in [0.25, 0.3) is 0 Å². The molecule has 1 aromatic carbocycles. The number of pyridine rings is 1. The van der Waals surface area contributed by atoms with E-state index in [0.29, 0.717) is 12.0 Å². The number of carbonyl (C=O) groups is 1. The van der Waals surface area contributed by atoms with E-state index in [1.807, 2.05) is 13.2 Å². The first kappa shape index (κ1) is 26.4. The van der Waals surface area contributed by atoms with Gasteiger partial charge in [-0.2, -0.15) is 10.4 Å². The Labute approximate surface area is 208 Å². The molecule has 1 fully saturated rings. The molecule has 190 valence electrons. The number of carbonyl (C=O) groups excluding carboxylic acids is 1. The molecule has 0 aliphatic heterocycles. The SMILES string of the molecule is CCN(C)C(=O)c1nccc(Nc2c(N)c(=O)c2=O)c1O.Cn1cc(C#N)c(CC2(C)CCCC2)n1. The second-order valence-electron chi connectivity index (χ2n) is 9.42. The van der Waals surface area contributed by atoms with Gasteiger partial charge in [-0.05, 0) is 37.7 Å². The number of aryl methyl sites for hydroxylation is 1. The van der Waals surface area contributed by atoms with Crippen molar-refractivity contribution in [1.29, 1.82) is 5.26 Å². The topological polar surface area (TPSA) is 167 Å². The van der Waals surface area contributed by atoms with Crippen LogP contribution in [0.2, 0.25) is 0 Å². The van der Waals surface area contributed by atoms with E-state index in [1.54, 1.807) is 18.7 Å². The molecule has 0 radical (unpaired) electrons. The molecular weight excluding hydrogens is 462 g/mol. The standard InChI is InChI=1S/C13H14N4O4.C12H17N3/c1-3-17(2)13(21)9-10(18)6(4-5-15-9)16-8-7(14)11(19)12(8)20;1-12(5-3-4-6-12)7-11-10(8-13)9-15(2)14-11/h4-5,18H,3,14H2,1-2H3,(H,15,16);9H,3-7H2,1-2H3. The average Bonchev–Trinajstić information content (AvgIpc) is 3.46. The molecule has 4 N–H and O–H groups in total. The number of amides is 1. The van der Waals surface area contributed by atoms with Gasteiger partial charge in [0.2, 0.25) is 0 Å². The van der Waals surface area contributed by atoms with Crippen LogP contribution in [-0.4, -0.2) is 44.3 Å². The second-order valence-corrected chi connectivity index (χ2v) is 9.42. The van der Waals surface area contributed by atoms with E-state index in [0.717, 1.165) is 17.7 Å². The molecule has 1 aliphatic rings. The Morgan fingerprint density at radius 2 is 2.00 bits per heavy atom. The molecule has 0 atom stereocenters. The van der Waals surface area contributed by atoms with E-state index in [1.165, 1.54) is 42.8 Å². The number of nitriles is 1. The molecule has 3 aromatic rings. The maximum absolute atomic E-state index is 12.0. The van der Waals surface area contributed by atoms with E-state index in [4.69, 9.17) is 11.0 Å². The second kappa shape index (κ2) is 10.6. The molecule has 36 heavy (non-hydrogen) atoms. The van der Waals surface area contributed by atoms with Crippen LogP contribution in [0.4, 0.5) is 17.1 Å². The van der Waals surface area contributed by atoms with Crippen molar-refractivity contribution in [3.05, 3.63) is 55.9 Å². The van der Waals surface area contributed by atoms with Gasteiger partial charge in [0.15, 0.2) is 11.4 Å². The largest absolute Gasteiger partial charge is 0.504 e. The molecule has 1 amide bonds. The fourth-order valence-corrected chi connectivity index (χ4v) is 4.27. The molecule has 2 aromatic heterocycles. The van der Waals surface area contributed by atoms with Crippen LogP contribution in [0.15, 0.2) is 28.0 Å². The van der Waals surface area contributed by atoms with Gasteiger partial charge in [-0.15, -0.1) is 0 Å². The minimum Gasteiger partial charge on any atom is -0.504 e. The van der Waals surface area contributed by atoms with Gasteiger partial charge in [0.05, 0.1) is 16.9 Å². The summed E-state index contributed by atoms with van der Waals surface area (Å²) < 4.78 is 1.74. The number of nitrogens with one attached hydrogen (secondary N) is 1. The molecule has 0 spiro atoms. The van der Waals surface area contributed by atoms with Gasteiger partial charge in [0.1, 0.15) is 17.4 Å². The normalized spacial score (nSPS) is 14.1. The summed E-state index contributed by atoms with van der Waals surface area (Å²) >= 11 is 0. The highest BCUT2D eigenvalue weighted by molar-refractivity contribution is 5.97. The highest BCUT2D eigenvalue weighted by Crippen LogP contribution is 2.40. The predicted octanol–water partition coefficient (Wildman–Crippen LogP) is 2.22. The van der Waals surface area contributed by atoms with E-state index >= 15 is 0 Å². The van der Waals surface area contributed by atoms with Gasteiger partial charge in [-0.3, -0.25) is 19.1 Å². The summed E-state index contributed by atoms with van der Waals surface area (Å²) in [5, 5.41) is 26.0. The van der Waals surface area contributed by atoms with E-state index in [9.17, 15) is 19.5 Å². The smallest absolute Gasteiger partial charge is 0.276 e. The molecule has 0 unspecified atom stereocenters. The van der Waals surface area contributed by atoms with Gasteiger partial charge in [-0.1, -0.05) is 19.8 Å². The van der Waals surface area contributed by atoms with E-state index in [-0.39, 0.29) is 22.8 Å². The summed E-state index contributed by atoms with van der Waals surface area (Å²) in [7, 11) is 3.44. The van der Waals surface area contributed by atoms with Crippen LogP contribution in [0.3, 0.4) is 0 Å². The summed E-state index contributed by atoms with van der Waals surface area (Å²) in [6, 6.07) is 3.59. The Morgan fingerprint density at radius 1 is 1.33 bits per heavy atom. The van der Waals surface area contributed by atoms with Crippen LogP contribution in [-0.2, 0) is 13.5 Å². The van der Waals surface area contributed by atoms with Crippen LogP contribution >= 0.6 is 0 Å². The zero-order valence-electron chi connectivity index (χ0n) is 21.0. The Kier molecular flexibility index (Phi) is 7.77. The van der Waals surface area contributed by atoms with Gasteiger partial charge < -0.3 is 21.1 Å². The summed E-state index contributed by atoms with van der Waals surface area (Å²) in [6.07, 6.45) is 9.27. The van der Waals surface area contributed by atoms with Gasteiger partial charge in [0.25, 0.3) is 16.8 Å². The fraction of sp³-hybridized carbons (Fsp3) is 0.440. The lowest BCUT2D eigenvalue weighted by atomic mass is 9.83. The average molecular weight is 494 g/mol. The molecular formula is C25H31N7O4. The third-order valence-corrected chi connectivity index (χ3v) is 6.59. The highest BCUT2D eigenvalue weighted by atomic mass is 16.3. The lowest BCUT2D eigenvalue weighted by Gasteiger charge is -2.21. The Morgan fingerprint density at radius 3 is 2.58 bits per heavy atom. The Bertz CT molecular complexity index is 1370. The lowest BCUT2D eigenvalue weighted by molar-refractivity contribution is 0.0793. The molecule has 1 saturated carbocycles. The minimum absolute atomic E-state index is 0.0802. The summed E-state index contributed by atoms with van der Waals surface area (Å²) in [5.41, 5.74) is 5.59. The third kappa shape index (κ3) is 5.38. The maximum Gasteiger partial charge on any atom is 0.276 e. The number of nitrogen functional groups attached to an aromatic ring is 1. The number of nitrogens with zero attached hydrogens (tertiary/aromatic N) is 5. The molecule has 11 heteroatoms. The van der Waals surface area contributed by atoms with Crippen molar-refractivity contribution in [2.45, 2.75) is 46.0 Å². The number of aromatic nitrogens is 3. The Balaban J connectivity index is 0.000000212. The first-order chi connectivity index (χ1) is 17.0. The van der Waals surface area contributed by atoms with Crippen molar-refractivity contribution in [3.63, 3.8) is 0 Å². The van der Waals surface area contributed by atoms with Crippen molar-refractivity contribution in [2.75, 3.05) is 24.6 Å². The molecule has 11 nitrogen and oxygen atoms in total. The first-order valence-corrected chi connectivity index (χ1v) is 11.7. The van der Waals surface area contributed by atoms with E-state index in [2.05, 4.69) is 28.4 Å². The monoisotopic (exact) mass is 493 g/mol. The number of anilines is 3. The summed E-state index contributed by atoms with van der Waals surface area (Å²) in [6.45, 7) is 4.54. The molecule has 0 bridgehead atoms. The highest BCUT2D eigenvalue weighted by Gasteiger charge is 2.30. The lowest BCUT2D eigenvalue weighted by Crippen LogP contribution is -2.36. The predicted molar refractivity (Wildman–Crippen MR) is 136 cm³/mol. The van der Waals surface area contributed by atoms with Crippen LogP contribution in [0.1, 0.15) is 61.3 Å². The van der Waals surface area contributed by atoms with Crippen molar-refractivity contribution in [2.24, 2.45) is 12.5 Å². The summed E-state index contributed by atoms with van der Waals surface area (Å²) in [5.74, 6) is -0.869. The van der Waals surface area contributed by atoms with Crippen molar-refractivity contribution < 1.29 is 9.90 Å². The summed E-state index contributed by atoms with van der Waals surface area (Å²) in [4.78, 5) is 39.6. The van der Waals surface area contributed by atoms with Crippen molar-refractivity contribution in [3.8, 4) is 11.8 Å². The zero-order valence-corrected chi connectivity index (χ0v) is 21.0. The zero-order chi connectivity index (χ0) is 26.6. The fourth-order valence-electron chi connectivity index (χ4n) is 4.27. The van der Waals surface area contributed by atoms with Crippen LogP contribution in [0.5, 0.6) is 5.75 Å². The molecule has 2 heterocycles. The molecule has 4 rings (SSSR count). The number of hydrogen-bond acceptors (Lipinski definition) is 9. The van der Waals surface area contributed by atoms with E-state index < -0.39 is 22.5 Å². The number of rotatable bonds is 6. The van der Waals surface area contributed by atoms with Crippen LogP contribution < -0.4 is 21.9 Å². The van der Waals surface area contributed by atoms with Crippen molar-refractivity contribution in [1.82, 2.24) is 19.7 Å². The molecule has 1 aliphatic carbocycles. The molecule has 0 saturated heterocycles. The first-order valence-electron chi connectivity index (χ1n) is 11.7. The third-order valence-electron chi connectivity index (χ3n) is 6.59. The maximum atomic E-state index is 12.0.